The van der Waals surface area contributed by atoms with Crippen molar-refractivity contribution >= 4 is 29.6 Å². The molecule has 0 aliphatic rings. The second-order valence-electron chi connectivity index (χ2n) is 5.24. The van der Waals surface area contributed by atoms with Crippen molar-refractivity contribution in [1.82, 2.24) is 9.88 Å². The third-order valence-corrected chi connectivity index (χ3v) is 3.42. The summed E-state index contributed by atoms with van der Waals surface area (Å²) in [6.07, 6.45) is 0.761. The molecule has 1 heterocycles. The summed E-state index contributed by atoms with van der Waals surface area (Å²) in [6, 6.07) is 0. The molecule has 0 saturated heterocycles. The topological polar surface area (TPSA) is 100 Å². The zero-order chi connectivity index (χ0) is 17.6. The molecule has 0 bridgehead atoms. The summed E-state index contributed by atoms with van der Waals surface area (Å²) in [5.74, 6) is -0.616. The molecule has 8 nitrogen and oxygen atoms in total. The van der Waals surface area contributed by atoms with Gasteiger partial charge in [-0.15, -0.1) is 0 Å². The second kappa shape index (κ2) is 8.59. The van der Waals surface area contributed by atoms with Crippen molar-refractivity contribution in [3.8, 4) is 0 Å². The van der Waals surface area contributed by atoms with E-state index in [9.17, 15) is 14.9 Å². The third-order valence-electron chi connectivity index (χ3n) is 3.12. The quantitative estimate of drug-likeness (QED) is 0.246. The zero-order valence-electron chi connectivity index (χ0n) is 13.8. The van der Waals surface area contributed by atoms with Crippen LogP contribution in [0.5, 0.6) is 0 Å². The summed E-state index contributed by atoms with van der Waals surface area (Å²) in [4.78, 5) is 27.6. The first-order valence-electron chi connectivity index (χ1n) is 7.26. The Bertz CT molecular complexity index is 642. The molecule has 0 spiro atoms. The van der Waals surface area contributed by atoms with Crippen LogP contribution in [0.1, 0.15) is 29.4 Å². The Balaban J connectivity index is 3.26. The number of anilines is 1. The van der Waals surface area contributed by atoms with Crippen LogP contribution in [0.4, 0.5) is 11.4 Å². The molecule has 0 aliphatic heterocycles. The number of nitro groups is 1. The molecule has 0 amide bonds. The van der Waals surface area contributed by atoms with Crippen molar-refractivity contribution in [3.63, 3.8) is 0 Å². The van der Waals surface area contributed by atoms with Crippen molar-refractivity contribution < 1.29 is 14.5 Å². The number of nitrogens with zero attached hydrogens (tertiary/aromatic N) is 2. The minimum Gasteiger partial charge on any atom is -0.462 e. The number of aromatic amines is 1. The van der Waals surface area contributed by atoms with E-state index in [1.807, 2.05) is 19.0 Å². The molecule has 0 radical (unpaired) electrons. The number of hydrogen-bond acceptors (Lipinski definition) is 7. The number of carbonyl (C=O) groups excluding carboxylic acids is 1. The fourth-order valence-electron chi connectivity index (χ4n) is 2.12. The van der Waals surface area contributed by atoms with E-state index in [1.165, 1.54) is 0 Å². The molecule has 0 aromatic carbocycles. The minimum atomic E-state index is -0.616. The number of H-pyrrole nitrogens is 1. The largest absolute Gasteiger partial charge is 0.462 e. The molecule has 0 atom stereocenters. The van der Waals surface area contributed by atoms with E-state index in [2.05, 4.69) is 10.3 Å². The molecule has 128 valence electrons. The Kier molecular flexibility index (Phi) is 7.11. The Hall–Kier alpha value is -2.00. The molecule has 1 rings (SSSR count). The van der Waals surface area contributed by atoms with Crippen LogP contribution in [0.25, 0.3) is 0 Å². The summed E-state index contributed by atoms with van der Waals surface area (Å²) < 4.78 is 4.99. The van der Waals surface area contributed by atoms with Gasteiger partial charge in [-0.2, -0.15) is 0 Å². The van der Waals surface area contributed by atoms with Gasteiger partial charge in [0.2, 0.25) is 0 Å². The molecular weight excluding hydrogens is 320 g/mol. The molecule has 23 heavy (non-hydrogen) atoms. The summed E-state index contributed by atoms with van der Waals surface area (Å²) in [5.41, 5.74) is 0.373. The number of aromatic nitrogens is 1. The lowest BCUT2D eigenvalue weighted by Crippen LogP contribution is -2.19. The first-order valence-corrected chi connectivity index (χ1v) is 7.67. The SMILES string of the molecule is CCOC(=O)c1c(C)[nH]c(=S)c([N+](=O)[O-])c1NCCCN(C)C. The monoisotopic (exact) mass is 342 g/mol. The van der Waals surface area contributed by atoms with Crippen molar-refractivity contribution in [1.29, 1.82) is 0 Å². The van der Waals surface area contributed by atoms with Gasteiger partial charge in [-0.1, -0.05) is 12.2 Å². The Labute approximate surface area is 140 Å². The molecule has 9 heteroatoms. The highest BCUT2D eigenvalue weighted by Crippen LogP contribution is 2.31. The van der Waals surface area contributed by atoms with Crippen molar-refractivity contribution in [3.05, 3.63) is 26.0 Å². The lowest BCUT2D eigenvalue weighted by Gasteiger charge is -2.15. The lowest BCUT2D eigenvalue weighted by atomic mass is 10.1. The van der Waals surface area contributed by atoms with E-state index < -0.39 is 10.9 Å². The van der Waals surface area contributed by atoms with Crippen LogP contribution in [0.15, 0.2) is 0 Å². The maximum atomic E-state index is 12.2. The average molecular weight is 342 g/mol. The van der Waals surface area contributed by atoms with Crippen LogP contribution in [-0.2, 0) is 4.74 Å². The molecule has 1 aromatic rings. The van der Waals surface area contributed by atoms with E-state index in [0.29, 0.717) is 12.2 Å². The Morgan fingerprint density at radius 1 is 1.48 bits per heavy atom. The van der Waals surface area contributed by atoms with Gasteiger partial charge in [-0.25, -0.2) is 4.79 Å². The highest BCUT2D eigenvalue weighted by atomic mass is 32.1. The molecule has 0 fully saturated rings. The molecule has 0 saturated carbocycles. The summed E-state index contributed by atoms with van der Waals surface area (Å²) in [6.45, 7) is 4.79. The Morgan fingerprint density at radius 2 is 2.13 bits per heavy atom. The van der Waals surface area contributed by atoms with E-state index in [4.69, 9.17) is 17.0 Å². The van der Waals surface area contributed by atoms with Crippen LogP contribution < -0.4 is 5.32 Å². The van der Waals surface area contributed by atoms with Crippen LogP contribution in [0, 0.1) is 21.7 Å². The van der Waals surface area contributed by atoms with Crippen LogP contribution in [0.3, 0.4) is 0 Å². The van der Waals surface area contributed by atoms with Crippen molar-refractivity contribution in [2.45, 2.75) is 20.3 Å². The number of nitrogens with one attached hydrogen (secondary N) is 2. The van der Waals surface area contributed by atoms with Crippen LogP contribution in [0.2, 0.25) is 0 Å². The molecule has 0 aliphatic carbocycles. The number of rotatable bonds is 8. The van der Waals surface area contributed by atoms with Gasteiger partial charge in [0.1, 0.15) is 11.3 Å². The van der Waals surface area contributed by atoms with Gasteiger partial charge in [-0.05, 0) is 40.9 Å². The number of esters is 1. The standard InChI is InChI=1S/C14H22N4O4S/c1-5-22-14(19)10-9(2)16-13(23)12(18(20)21)11(10)15-7-6-8-17(3)4/h5-8H2,1-4H3,(H2,15,16,23). The van der Waals surface area contributed by atoms with Gasteiger partial charge in [0.25, 0.3) is 0 Å². The van der Waals surface area contributed by atoms with Gasteiger partial charge in [0.15, 0.2) is 4.64 Å². The maximum absolute atomic E-state index is 12.2. The molecule has 1 aromatic heterocycles. The predicted octanol–water partition coefficient (Wildman–Crippen LogP) is 2.50. The summed E-state index contributed by atoms with van der Waals surface area (Å²) in [7, 11) is 3.88. The van der Waals surface area contributed by atoms with E-state index in [0.717, 1.165) is 13.0 Å². The fraction of sp³-hybridized carbons (Fsp3) is 0.571. The number of pyridine rings is 1. The number of carbonyl (C=O) groups is 1. The van der Waals surface area contributed by atoms with Gasteiger partial charge in [0.05, 0.1) is 11.5 Å². The highest BCUT2D eigenvalue weighted by molar-refractivity contribution is 7.71. The molecular formula is C14H22N4O4S. The lowest BCUT2D eigenvalue weighted by molar-refractivity contribution is -0.384. The van der Waals surface area contributed by atoms with Crippen molar-refractivity contribution in [2.24, 2.45) is 0 Å². The van der Waals surface area contributed by atoms with Crippen LogP contribution in [-0.4, -0.2) is 54.6 Å². The first kappa shape index (κ1) is 19.0. The fourth-order valence-corrected chi connectivity index (χ4v) is 2.45. The van der Waals surface area contributed by atoms with Gasteiger partial charge < -0.3 is 19.9 Å². The predicted molar refractivity (Wildman–Crippen MR) is 90.6 cm³/mol. The second-order valence-corrected chi connectivity index (χ2v) is 5.65. The zero-order valence-corrected chi connectivity index (χ0v) is 14.6. The van der Waals surface area contributed by atoms with Crippen LogP contribution >= 0.6 is 12.2 Å². The van der Waals surface area contributed by atoms with Gasteiger partial charge in [-0.3, -0.25) is 10.1 Å². The minimum absolute atomic E-state index is 0.0179. The maximum Gasteiger partial charge on any atom is 0.342 e. The average Bonchev–Trinajstić information content (AvgIpc) is 2.42. The highest BCUT2D eigenvalue weighted by Gasteiger charge is 2.27. The Morgan fingerprint density at radius 3 is 2.65 bits per heavy atom. The third kappa shape index (κ3) is 5.00. The smallest absolute Gasteiger partial charge is 0.342 e. The van der Waals surface area contributed by atoms with Crippen molar-refractivity contribution in [2.75, 3.05) is 39.1 Å². The molecule has 2 N–H and O–H groups in total. The van der Waals surface area contributed by atoms with Gasteiger partial charge in [0, 0.05) is 12.2 Å². The van der Waals surface area contributed by atoms with E-state index in [-0.39, 0.29) is 28.2 Å². The summed E-state index contributed by atoms with van der Waals surface area (Å²) in [5, 5.41) is 14.3. The van der Waals surface area contributed by atoms with E-state index >= 15 is 0 Å². The molecule has 0 unspecified atom stereocenters. The number of hydrogen-bond donors (Lipinski definition) is 2. The first-order chi connectivity index (χ1) is 10.8. The number of aryl methyl sites for hydroxylation is 1. The summed E-state index contributed by atoms with van der Waals surface area (Å²) >= 11 is 5.04. The normalized spacial score (nSPS) is 10.7. The number of ether oxygens (including phenoxy) is 1. The van der Waals surface area contributed by atoms with Gasteiger partial charge >= 0.3 is 11.7 Å². The van der Waals surface area contributed by atoms with E-state index in [1.54, 1.807) is 13.8 Å².